The van der Waals surface area contributed by atoms with E-state index in [1.54, 1.807) is 6.92 Å². The Kier molecular flexibility index (Phi) is 6.86. The molecular weight excluding hydrogens is 456 g/mol. The predicted molar refractivity (Wildman–Crippen MR) is 123 cm³/mol. The SMILES string of the molecule is Cc1sc(NS(=O)(=O)c2ccc(Cl)cc2)nc1C(=O)NC[C@H]1CCCN2CCCC[C@H]12. The summed E-state index contributed by atoms with van der Waals surface area (Å²) >= 11 is 6.98. The largest absolute Gasteiger partial charge is 0.350 e. The van der Waals surface area contributed by atoms with Crippen molar-refractivity contribution >= 4 is 44.0 Å². The molecule has 2 fully saturated rings. The summed E-state index contributed by atoms with van der Waals surface area (Å²) in [6, 6.07) is 6.44. The molecule has 1 aromatic carbocycles. The van der Waals surface area contributed by atoms with Gasteiger partial charge in [0.25, 0.3) is 15.9 Å². The fourth-order valence-corrected chi connectivity index (χ4v) is 6.73. The van der Waals surface area contributed by atoms with Crippen LogP contribution >= 0.6 is 22.9 Å². The first-order chi connectivity index (χ1) is 14.8. The van der Waals surface area contributed by atoms with Crippen LogP contribution in [0.1, 0.15) is 47.5 Å². The molecule has 0 aliphatic carbocycles. The van der Waals surface area contributed by atoms with Crippen LogP contribution in [0.3, 0.4) is 0 Å². The minimum Gasteiger partial charge on any atom is -0.350 e. The van der Waals surface area contributed by atoms with Gasteiger partial charge in [-0.3, -0.25) is 9.52 Å². The summed E-state index contributed by atoms with van der Waals surface area (Å²) < 4.78 is 27.6. The number of anilines is 1. The van der Waals surface area contributed by atoms with E-state index in [0.717, 1.165) is 30.8 Å². The molecule has 1 aromatic heterocycles. The zero-order chi connectivity index (χ0) is 22.0. The lowest BCUT2D eigenvalue weighted by atomic mass is 9.83. The molecule has 2 aromatic rings. The Morgan fingerprint density at radius 2 is 1.94 bits per heavy atom. The molecule has 1 amide bonds. The highest BCUT2D eigenvalue weighted by atomic mass is 35.5. The number of aryl methyl sites for hydroxylation is 1. The minimum atomic E-state index is -3.80. The van der Waals surface area contributed by atoms with Gasteiger partial charge in [0.1, 0.15) is 5.69 Å². The Labute approximate surface area is 192 Å². The molecule has 10 heteroatoms. The number of benzene rings is 1. The lowest BCUT2D eigenvalue weighted by Gasteiger charge is -2.44. The molecule has 31 heavy (non-hydrogen) atoms. The van der Waals surface area contributed by atoms with Gasteiger partial charge in [-0.2, -0.15) is 0 Å². The number of thiazole rings is 1. The van der Waals surface area contributed by atoms with E-state index in [-0.39, 0.29) is 21.6 Å². The van der Waals surface area contributed by atoms with E-state index in [4.69, 9.17) is 11.6 Å². The molecule has 2 aliphatic rings. The van der Waals surface area contributed by atoms with Crippen LogP contribution in [-0.4, -0.2) is 49.9 Å². The number of hydrogen-bond donors (Lipinski definition) is 2. The van der Waals surface area contributed by atoms with E-state index in [1.165, 1.54) is 49.9 Å². The molecule has 2 N–H and O–H groups in total. The van der Waals surface area contributed by atoms with Gasteiger partial charge in [-0.1, -0.05) is 18.0 Å². The van der Waals surface area contributed by atoms with Gasteiger partial charge in [-0.25, -0.2) is 13.4 Å². The van der Waals surface area contributed by atoms with E-state index in [2.05, 4.69) is 19.9 Å². The average Bonchev–Trinajstić information content (AvgIpc) is 3.11. The van der Waals surface area contributed by atoms with Gasteiger partial charge in [0.05, 0.1) is 4.90 Å². The van der Waals surface area contributed by atoms with Crippen molar-refractivity contribution in [1.29, 1.82) is 0 Å². The van der Waals surface area contributed by atoms with Crippen LogP contribution in [0.25, 0.3) is 0 Å². The van der Waals surface area contributed by atoms with Gasteiger partial charge >= 0.3 is 0 Å². The molecule has 0 unspecified atom stereocenters. The summed E-state index contributed by atoms with van der Waals surface area (Å²) in [5.41, 5.74) is 0.273. The quantitative estimate of drug-likeness (QED) is 0.651. The second-order valence-electron chi connectivity index (χ2n) is 8.19. The van der Waals surface area contributed by atoms with Gasteiger partial charge in [0, 0.05) is 22.5 Å². The van der Waals surface area contributed by atoms with Crippen LogP contribution in [0, 0.1) is 12.8 Å². The third-order valence-corrected chi connectivity index (χ3v) is 8.73. The maximum absolute atomic E-state index is 12.8. The summed E-state index contributed by atoms with van der Waals surface area (Å²) in [6.07, 6.45) is 6.02. The molecule has 2 saturated heterocycles. The second-order valence-corrected chi connectivity index (χ2v) is 11.5. The van der Waals surface area contributed by atoms with Crippen molar-refractivity contribution in [2.75, 3.05) is 24.4 Å². The second kappa shape index (κ2) is 9.44. The fourth-order valence-electron chi connectivity index (χ4n) is 4.56. The van der Waals surface area contributed by atoms with Crippen LogP contribution in [-0.2, 0) is 10.0 Å². The van der Waals surface area contributed by atoms with Gasteiger partial charge in [-0.05, 0) is 75.9 Å². The molecule has 0 saturated carbocycles. The summed E-state index contributed by atoms with van der Waals surface area (Å²) in [5.74, 6) is 0.207. The maximum Gasteiger partial charge on any atom is 0.271 e. The Morgan fingerprint density at radius 1 is 1.19 bits per heavy atom. The van der Waals surface area contributed by atoms with Crippen molar-refractivity contribution in [2.24, 2.45) is 5.92 Å². The molecule has 168 valence electrons. The molecule has 0 bridgehead atoms. The summed E-state index contributed by atoms with van der Waals surface area (Å²) in [6.45, 7) is 4.73. The number of nitrogens with zero attached hydrogens (tertiary/aromatic N) is 2. The topological polar surface area (TPSA) is 91.4 Å². The highest BCUT2D eigenvalue weighted by Crippen LogP contribution is 2.31. The van der Waals surface area contributed by atoms with Crippen LogP contribution in [0.4, 0.5) is 5.13 Å². The summed E-state index contributed by atoms with van der Waals surface area (Å²) in [4.78, 5) is 20.4. The number of hydrogen-bond acceptors (Lipinski definition) is 6. The zero-order valence-electron chi connectivity index (χ0n) is 17.4. The molecule has 2 aliphatic heterocycles. The number of amides is 1. The van der Waals surface area contributed by atoms with E-state index in [9.17, 15) is 13.2 Å². The number of carbonyl (C=O) groups excluding carboxylic acids is 1. The number of fused-ring (bicyclic) bond motifs is 1. The Hall–Kier alpha value is -1.68. The lowest BCUT2D eigenvalue weighted by Crippen LogP contribution is -2.51. The zero-order valence-corrected chi connectivity index (χ0v) is 19.8. The first-order valence-electron chi connectivity index (χ1n) is 10.6. The molecule has 4 rings (SSSR count). The first kappa shape index (κ1) is 22.5. The van der Waals surface area contributed by atoms with Crippen LogP contribution < -0.4 is 10.0 Å². The number of rotatable bonds is 6. The number of carbonyl (C=O) groups is 1. The number of piperidine rings is 2. The maximum atomic E-state index is 12.8. The van der Waals surface area contributed by atoms with E-state index < -0.39 is 10.0 Å². The van der Waals surface area contributed by atoms with Crippen molar-refractivity contribution in [1.82, 2.24) is 15.2 Å². The highest BCUT2D eigenvalue weighted by molar-refractivity contribution is 7.93. The number of nitrogens with one attached hydrogen (secondary N) is 2. The molecule has 7 nitrogen and oxygen atoms in total. The van der Waals surface area contributed by atoms with Gasteiger partial charge < -0.3 is 10.2 Å². The third-order valence-electron chi connectivity index (χ3n) is 6.11. The van der Waals surface area contributed by atoms with Gasteiger partial charge in [0.2, 0.25) is 0 Å². The average molecular weight is 483 g/mol. The number of aromatic nitrogens is 1. The first-order valence-corrected chi connectivity index (χ1v) is 13.3. The van der Waals surface area contributed by atoms with E-state index in [0.29, 0.717) is 28.4 Å². The Morgan fingerprint density at radius 3 is 2.71 bits per heavy atom. The third kappa shape index (κ3) is 5.22. The standard InChI is InChI=1S/C21H27ClN4O3S2/c1-14-19(20(27)23-13-15-5-4-12-26-11-3-2-6-18(15)26)24-21(30-14)25-31(28,29)17-9-7-16(22)8-10-17/h7-10,15,18H,2-6,11-13H2,1H3,(H,23,27)(H,24,25)/t15-,18-/m1/s1. The van der Waals surface area contributed by atoms with Crippen molar-refractivity contribution in [3.8, 4) is 0 Å². The molecule has 3 heterocycles. The molecule has 2 atom stereocenters. The van der Waals surface area contributed by atoms with Gasteiger partial charge in [-0.15, -0.1) is 11.3 Å². The van der Waals surface area contributed by atoms with Crippen molar-refractivity contribution < 1.29 is 13.2 Å². The van der Waals surface area contributed by atoms with E-state index in [1.807, 2.05) is 0 Å². The van der Waals surface area contributed by atoms with Crippen LogP contribution in [0.2, 0.25) is 5.02 Å². The smallest absolute Gasteiger partial charge is 0.271 e. The molecular formula is C21H27ClN4O3S2. The summed E-state index contributed by atoms with van der Waals surface area (Å²) in [5, 5.41) is 3.67. The minimum absolute atomic E-state index is 0.0880. The van der Waals surface area contributed by atoms with Crippen molar-refractivity contribution in [2.45, 2.75) is 50.0 Å². The Balaban J connectivity index is 1.40. The summed E-state index contributed by atoms with van der Waals surface area (Å²) in [7, 11) is -3.80. The Bertz CT molecular complexity index is 1040. The van der Waals surface area contributed by atoms with E-state index >= 15 is 0 Å². The fraction of sp³-hybridized carbons (Fsp3) is 0.524. The monoisotopic (exact) mass is 482 g/mol. The van der Waals surface area contributed by atoms with Crippen LogP contribution in [0.15, 0.2) is 29.2 Å². The van der Waals surface area contributed by atoms with Gasteiger partial charge in [0.15, 0.2) is 5.13 Å². The molecule has 0 radical (unpaired) electrons. The van der Waals surface area contributed by atoms with Crippen molar-refractivity contribution in [3.05, 3.63) is 39.9 Å². The lowest BCUT2D eigenvalue weighted by molar-refractivity contribution is 0.0575. The van der Waals surface area contributed by atoms with Crippen molar-refractivity contribution in [3.63, 3.8) is 0 Å². The predicted octanol–water partition coefficient (Wildman–Crippen LogP) is 3.90. The normalized spacial score (nSPS) is 22.0. The number of sulfonamides is 1. The molecule has 0 spiro atoms. The van der Waals surface area contributed by atoms with Crippen LogP contribution in [0.5, 0.6) is 0 Å². The highest BCUT2D eigenvalue weighted by Gasteiger charge is 2.33. The number of halogens is 1.